The largest absolute Gasteiger partial charge is 0.397 e. The molecule has 2 aromatic rings. The maximum atomic E-state index is 6.05. The number of anilines is 1. The summed E-state index contributed by atoms with van der Waals surface area (Å²) in [6, 6.07) is 5.62. The molecule has 0 aliphatic heterocycles. The van der Waals surface area contributed by atoms with Crippen molar-refractivity contribution >= 4 is 56.4 Å². The van der Waals surface area contributed by atoms with Gasteiger partial charge in [0.1, 0.15) is 5.16 Å². The van der Waals surface area contributed by atoms with Crippen LogP contribution in [0.1, 0.15) is 4.88 Å². The van der Waals surface area contributed by atoms with Gasteiger partial charge >= 0.3 is 0 Å². The van der Waals surface area contributed by atoms with Crippen LogP contribution in [0, 0.1) is 0 Å². The number of fused-ring (bicyclic) bond motifs is 1. The number of thiophene rings is 1. The molecule has 78 valence electrons. The molecule has 5 heteroatoms. The average molecular weight is 259 g/mol. The Morgan fingerprint density at radius 2 is 2.13 bits per heavy atom. The van der Waals surface area contributed by atoms with Crippen molar-refractivity contribution in [3.63, 3.8) is 0 Å². The number of hydrogen-bond acceptors (Lipinski definition) is 3. The summed E-state index contributed by atoms with van der Waals surface area (Å²) in [5, 5.41) is 1.85. The number of benzene rings is 1. The highest BCUT2D eigenvalue weighted by molar-refractivity contribution is 7.21. The van der Waals surface area contributed by atoms with E-state index in [1.807, 2.05) is 18.2 Å². The van der Waals surface area contributed by atoms with E-state index in [1.165, 1.54) is 11.3 Å². The summed E-state index contributed by atoms with van der Waals surface area (Å²) in [6.07, 6.45) is 1.64. The number of halogens is 2. The first-order valence-electron chi connectivity index (χ1n) is 4.18. The standard InChI is InChI=1S/C10H8Cl2N2S/c11-6-3-1-2-5-9(14)7(4-8(12)13)15-10(5)6/h1-4H,13-14H2/b8-4-. The fraction of sp³-hybridized carbons (Fsp3) is 0. The Balaban J connectivity index is 2.75. The topological polar surface area (TPSA) is 52.0 Å². The van der Waals surface area contributed by atoms with Crippen molar-refractivity contribution in [2.45, 2.75) is 0 Å². The molecule has 0 saturated heterocycles. The number of nitrogen functional groups attached to an aromatic ring is 1. The smallest absolute Gasteiger partial charge is 0.101 e. The molecule has 0 unspecified atom stereocenters. The lowest BCUT2D eigenvalue weighted by molar-refractivity contribution is 1.57. The third-order valence-corrected chi connectivity index (χ3v) is 3.74. The maximum absolute atomic E-state index is 6.05. The first-order valence-corrected chi connectivity index (χ1v) is 5.76. The van der Waals surface area contributed by atoms with Crippen LogP contribution in [0.4, 0.5) is 5.69 Å². The highest BCUT2D eigenvalue weighted by Gasteiger charge is 2.09. The van der Waals surface area contributed by atoms with E-state index in [0.717, 1.165) is 15.0 Å². The molecule has 1 heterocycles. The van der Waals surface area contributed by atoms with Crippen molar-refractivity contribution in [3.8, 4) is 0 Å². The molecule has 0 amide bonds. The molecular weight excluding hydrogens is 251 g/mol. The van der Waals surface area contributed by atoms with Crippen molar-refractivity contribution in [1.82, 2.24) is 0 Å². The Labute approximate surface area is 101 Å². The van der Waals surface area contributed by atoms with Gasteiger partial charge in [-0.3, -0.25) is 0 Å². The zero-order chi connectivity index (χ0) is 11.0. The van der Waals surface area contributed by atoms with E-state index in [9.17, 15) is 0 Å². The van der Waals surface area contributed by atoms with E-state index in [4.69, 9.17) is 34.7 Å². The van der Waals surface area contributed by atoms with Gasteiger partial charge in [-0.05, 0) is 12.1 Å². The zero-order valence-electron chi connectivity index (χ0n) is 7.63. The Kier molecular flexibility index (Phi) is 2.78. The summed E-state index contributed by atoms with van der Waals surface area (Å²) < 4.78 is 0.959. The van der Waals surface area contributed by atoms with Crippen molar-refractivity contribution in [2.75, 3.05) is 5.73 Å². The van der Waals surface area contributed by atoms with Crippen LogP contribution in [-0.4, -0.2) is 0 Å². The lowest BCUT2D eigenvalue weighted by Gasteiger charge is -1.93. The second kappa shape index (κ2) is 3.93. The van der Waals surface area contributed by atoms with Gasteiger partial charge in [-0.2, -0.15) is 0 Å². The van der Waals surface area contributed by atoms with E-state index >= 15 is 0 Å². The summed E-state index contributed by atoms with van der Waals surface area (Å²) in [6.45, 7) is 0. The molecule has 0 aliphatic rings. The van der Waals surface area contributed by atoms with Gasteiger partial charge in [0.15, 0.2) is 0 Å². The van der Waals surface area contributed by atoms with Crippen molar-refractivity contribution < 1.29 is 0 Å². The van der Waals surface area contributed by atoms with Crippen LogP contribution in [0.25, 0.3) is 16.2 Å². The minimum Gasteiger partial charge on any atom is -0.397 e. The highest BCUT2D eigenvalue weighted by Crippen LogP contribution is 2.38. The predicted octanol–water partition coefficient (Wildman–Crippen LogP) is 3.63. The van der Waals surface area contributed by atoms with Crippen LogP contribution in [0.3, 0.4) is 0 Å². The van der Waals surface area contributed by atoms with Gasteiger partial charge in [0, 0.05) is 5.39 Å². The third kappa shape index (κ3) is 1.91. The molecule has 15 heavy (non-hydrogen) atoms. The predicted molar refractivity (Wildman–Crippen MR) is 69.3 cm³/mol. The first-order chi connectivity index (χ1) is 7.09. The minimum absolute atomic E-state index is 0.212. The molecule has 0 saturated carbocycles. The Morgan fingerprint density at radius 3 is 2.73 bits per heavy atom. The number of rotatable bonds is 1. The summed E-state index contributed by atoms with van der Waals surface area (Å²) >= 11 is 13.1. The molecule has 0 fully saturated rings. The zero-order valence-corrected chi connectivity index (χ0v) is 9.96. The van der Waals surface area contributed by atoms with Gasteiger partial charge in [0.25, 0.3) is 0 Å². The summed E-state index contributed by atoms with van der Waals surface area (Å²) in [7, 11) is 0. The van der Waals surface area contributed by atoms with Gasteiger partial charge in [0.2, 0.25) is 0 Å². The average Bonchev–Trinajstić information content (AvgIpc) is 2.46. The molecule has 2 rings (SSSR count). The molecular formula is C10H8Cl2N2S. The molecule has 0 aliphatic carbocycles. The Hall–Kier alpha value is -0.900. The van der Waals surface area contributed by atoms with Crippen molar-refractivity contribution in [3.05, 3.63) is 33.3 Å². The lowest BCUT2D eigenvalue weighted by atomic mass is 10.2. The minimum atomic E-state index is 0.212. The van der Waals surface area contributed by atoms with E-state index in [0.29, 0.717) is 10.7 Å². The molecule has 4 N–H and O–H groups in total. The highest BCUT2D eigenvalue weighted by atomic mass is 35.5. The molecule has 0 bridgehead atoms. The summed E-state index contributed by atoms with van der Waals surface area (Å²) in [5.41, 5.74) is 12.0. The molecule has 0 spiro atoms. The maximum Gasteiger partial charge on any atom is 0.101 e. The Morgan fingerprint density at radius 1 is 1.40 bits per heavy atom. The van der Waals surface area contributed by atoms with E-state index in [1.54, 1.807) is 6.08 Å². The Bertz CT molecular complexity index is 542. The van der Waals surface area contributed by atoms with Crippen LogP contribution in [0.5, 0.6) is 0 Å². The van der Waals surface area contributed by atoms with E-state index in [-0.39, 0.29) is 5.16 Å². The van der Waals surface area contributed by atoms with Crippen LogP contribution in [0.2, 0.25) is 5.02 Å². The lowest BCUT2D eigenvalue weighted by Crippen LogP contribution is -1.88. The molecule has 1 aromatic carbocycles. The summed E-state index contributed by atoms with van der Waals surface area (Å²) in [4.78, 5) is 0.839. The second-order valence-corrected chi connectivity index (χ2v) is 4.92. The van der Waals surface area contributed by atoms with Crippen LogP contribution in [-0.2, 0) is 0 Å². The summed E-state index contributed by atoms with van der Waals surface area (Å²) in [5.74, 6) is 0. The van der Waals surface area contributed by atoms with Crippen LogP contribution < -0.4 is 11.5 Å². The van der Waals surface area contributed by atoms with Crippen molar-refractivity contribution in [2.24, 2.45) is 5.73 Å². The van der Waals surface area contributed by atoms with Crippen molar-refractivity contribution in [1.29, 1.82) is 0 Å². The number of hydrogen-bond donors (Lipinski definition) is 2. The van der Waals surface area contributed by atoms with Gasteiger partial charge in [0.05, 0.1) is 20.3 Å². The number of nitrogens with two attached hydrogens (primary N) is 2. The normalized spacial score (nSPS) is 12.3. The van der Waals surface area contributed by atoms with Crippen LogP contribution in [0.15, 0.2) is 23.4 Å². The van der Waals surface area contributed by atoms with Gasteiger partial charge in [-0.15, -0.1) is 11.3 Å². The SMILES string of the molecule is N/C(Cl)=C\c1sc2c(Cl)cccc2c1N. The molecule has 1 aromatic heterocycles. The van der Waals surface area contributed by atoms with E-state index < -0.39 is 0 Å². The van der Waals surface area contributed by atoms with Gasteiger partial charge in [-0.25, -0.2) is 0 Å². The molecule has 2 nitrogen and oxygen atoms in total. The van der Waals surface area contributed by atoms with E-state index in [2.05, 4.69) is 0 Å². The van der Waals surface area contributed by atoms with Crippen LogP contribution >= 0.6 is 34.5 Å². The molecule has 0 atom stereocenters. The third-order valence-electron chi connectivity index (χ3n) is 2.00. The van der Waals surface area contributed by atoms with Gasteiger partial charge in [-0.1, -0.05) is 35.3 Å². The second-order valence-electron chi connectivity index (χ2n) is 3.03. The molecule has 0 radical (unpaired) electrons. The van der Waals surface area contributed by atoms with Gasteiger partial charge < -0.3 is 11.5 Å². The fourth-order valence-electron chi connectivity index (χ4n) is 1.35. The first kappa shape index (κ1) is 10.6. The fourth-order valence-corrected chi connectivity index (χ4v) is 2.90. The quantitative estimate of drug-likeness (QED) is 0.768. The monoisotopic (exact) mass is 258 g/mol.